The summed E-state index contributed by atoms with van der Waals surface area (Å²) in [6.07, 6.45) is 1.69. The van der Waals surface area contributed by atoms with Gasteiger partial charge in [0, 0.05) is 22.6 Å². The average Bonchev–Trinajstić information content (AvgIpc) is 3.10. The fraction of sp³-hybridized carbons (Fsp3) is 0.111. The number of non-ortho nitro benzene ring substituents is 2. The van der Waals surface area contributed by atoms with Crippen LogP contribution >= 0.6 is 11.3 Å². The van der Waals surface area contributed by atoms with Crippen LogP contribution in [0.15, 0.2) is 42.5 Å². The summed E-state index contributed by atoms with van der Waals surface area (Å²) in [6, 6.07) is 10.7. The molecule has 140 valence electrons. The smallest absolute Gasteiger partial charge is 0.277 e. The lowest BCUT2D eigenvalue weighted by atomic mass is 9.94. The summed E-state index contributed by atoms with van der Waals surface area (Å²) in [5.41, 5.74) is 1.80. The Hall–Kier alpha value is -3.66. The van der Waals surface area contributed by atoms with Crippen LogP contribution in [0.4, 0.5) is 16.5 Å². The fourth-order valence-electron chi connectivity index (χ4n) is 3.11. The molecule has 1 N–H and O–H groups in total. The zero-order chi connectivity index (χ0) is 19.8. The third-order valence-electron chi connectivity index (χ3n) is 4.40. The number of thiazole rings is 1. The minimum absolute atomic E-state index is 0.172. The molecule has 10 heteroatoms. The number of nitro benzene ring substituents is 2. The minimum atomic E-state index is -0.775. The van der Waals surface area contributed by atoms with E-state index in [-0.39, 0.29) is 5.56 Å². The Bertz CT molecular complexity index is 1110. The molecule has 1 aliphatic carbocycles. The Morgan fingerprint density at radius 2 is 1.71 bits per heavy atom. The van der Waals surface area contributed by atoms with E-state index in [0.29, 0.717) is 5.13 Å². The van der Waals surface area contributed by atoms with Gasteiger partial charge in [0.15, 0.2) is 5.13 Å². The maximum atomic E-state index is 12.5. The van der Waals surface area contributed by atoms with Crippen LogP contribution in [0.5, 0.6) is 0 Å². The van der Waals surface area contributed by atoms with Crippen molar-refractivity contribution in [2.24, 2.45) is 0 Å². The number of nitrogens with zero attached hydrogens (tertiary/aromatic N) is 3. The van der Waals surface area contributed by atoms with E-state index in [4.69, 9.17) is 0 Å². The Labute approximate surface area is 162 Å². The van der Waals surface area contributed by atoms with Gasteiger partial charge in [0.2, 0.25) is 0 Å². The lowest BCUT2D eigenvalue weighted by Gasteiger charge is -2.13. The van der Waals surface area contributed by atoms with Gasteiger partial charge < -0.3 is 0 Å². The largest absolute Gasteiger partial charge is 0.298 e. The second-order valence-electron chi connectivity index (χ2n) is 6.15. The van der Waals surface area contributed by atoms with E-state index in [2.05, 4.69) is 10.3 Å². The van der Waals surface area contributed by atoms with Crippen molar-refractivity contribution >= 4 is 33.8 Å². The third kappa shape index (κ3) is 3.21. The highest BCUT2D eigenvalue weighted by atomic mass is 32.1. The number of nitro groups is 2. The summed E-state index contributed by atoms with van der Waals surface area (Å²) >= 11 is 1.33. The number of hydrogen-bond acceptors (Lipinski definition) is 7. The first-order valence-electron chi connectivity index (χ1n) is 8.25. The zero-order valence-electron chi connectivity index (χ0n) is 14.2. The van der Waals surface area contributed by atoms with Crippen molar-refractivity contribution in [2.45, 2.75) is 12.8 Å². The van der Waals surface area contributed by atoms with E-state index in [1.807, 2.05) is 24.3 Å². The summed E-state index contributed by atoms with van der Waals surface area (Å²) in [7, 11) is 0. The monoisotopic (exact) mass is 396 g/mol. The van der Waals surface area contributed by atoms with Crippen LogP contribution in [0.3, 0.4) is 0 Å². The van der Waals surface area contributed by atoms with Crippen LogP contribution in [-0.4, -0.2) is 20.7 Å². The maximum absolute atomic E-state index is 12.5. The predicted octanol–water partition coefficient (Wildman–Crippen LogP) is 3.98. The third-order valence-corrected chi connectivity index (χ3v) is 5.43. The molecular formula is C18H12N4O5S. The summed E-state index contributed by atoms with van der Waals surface area (Å²) in [4.78, 5) is 38.5. The molecule has 1 amide bonds. The molecule has 1 aromatic heterocycles. The first-order valence-corrected chi connectivity index (χ1v) is 9.07. The van der Waals surface area contributed by atoms with Crippen LogP contribution in [0.1, 0.15) is 20.8 Å². The van der Waals surface area contributed by atoms with Gasteiger partial charge in [-0.3, -0.25) is 30.3 Å². The Morgan fingerprint density at radius 3 is 2.39 bits per heavy atom. The molecule has 4 rings (SSSR count). The topological polar surface area (TPSA) is 128 Å². The van der Waals surface area contributed by atoms with Crippen molar-refractivity contribution in [2.75, 3.05) is 5.32 Å². The second-order valence-corrected chi connectivity index (χ2v) is 7.24. The van der Waals surface area contributed by atoms with Crippen LogP contribution in [0, 0.1) is 20.2 Å². The van der Waals surface area contributed by atoms with Gasteiger partial charge in [0.05, 0.1) is 27.2 Å². The molecule has 0 saturated heterocycles. The number of carbonyl (C=O) groups excluding carboxylic acids is 1. The molecule has 0 fully saturated rings. The normalized spacial score (nSPS) is 12.0. The van der Waals surface area contributed by atoms with Crippen molar-refractivity contribution in [1.29, 1.82) is 0 Å². The predicted molar refractivity (Wildman–Crippen MR) is 103 cm³/mol. The number of fused-ring (bicyclic) bond motifs is 3. The molecule has 0 unspecified atom stereocenters. The molecule has 0 aliphatic heterocycles. The number of amides is 1. The zero-order valence-corrected chi connectivity index (χ0v) is 15.1. The lowest BCUT2D eigenvalue weighted by molar-refractivity contribution is -0.394. The average molecular weight is 396 g/mol. The number of hydrogen-bond donors (Lipinski definition) is 1. The second kappa shape index (κ2) is 6.82. The molecule has 1 aliphatic rings. The minimum Gasteiger partial charge on any atom is -0.298 e. The van der Waals surface area contributed by atoms with Gasteiger partial charge in [0.1, 0.15) is 0 Å². The molecule has 0 spiro atoms. The van der Waals surface area contributed by atoms with Gasteiger partial charge in [-0.2, -0.15) is 0 Å². The van der Waals surface area contributed by atoms with E-state index in [1.165, 1.54) is 16.9 Å². The van der Waals surface area contributed by atoms with Gasteiger partial charge in [-0.15, -0.1) is 11.3 Å². The summed E-state index contributed by atoms with van der Waals surface area (Å²) in [5, 5.41) is 24.9. The summed E-state index contributed by atoms with van der Waals surface area (Å²) in [5.74, 6) is -0.689. The van der Waals surface area contributed by atoms with Gasteiger partial charge in [-0.1, -0.05) is 24.3 Å². The van der Waals surface area contributed by atoms with E-state index < -0.39 is 27.1 Å². The molecule has 3 aromatic rings. The van der Waals surface area contributed by atoms with E-state index in [1.54, 1.807) is 0 Å². The lowest BCUT2D eigenvalue weighted by Crippen LogP contribution is -2.12. The summed E-state index contributed by atoms with van der Waals surface area (Å²) in [6.45, 7) is 0. The SMILES string of the molecule is O=C(Nc1nc2c(s1)CCc1ccccc1-2)c1cc([N+](=O)[O-])cc([N+](=O)[O-])c1. The number of aromatic nitrogens is 1. The van der Waals surface area contributed by atoms with Crippen molar-refractivity contribution < 1.29 is 14.6 Å². The molecule has 28 heavy (non-hydrogen) atoms. The van der Waals surface area contributed by atoms with Crippen molar-refractivity contribution in [3.05, 3.63) is 78.7 Å². The Balaban J connectivity index is 1.65. The number of rotatable bonds is 4. The summed E-state index contributed by atoms with van der Waals surface area (Å²) < 4.78 is 0. The van der Waals surface area contributed by atoms with Crippen molar-refractivity contribution in [1.82, 2.24) is 4.98 Å². The van der Waals surface area contributed by atoms with E-state index in [9.17, 15) is 25.0 Å². The Morgan fingerprint density at radius 1 is 1.04 bits per heavy atom. The molecular weight excluding hydrogens is 384 g/mol. The highest BCUT2D eigenvalue weighted by Gasteiger charge is 2.23. The molecule has 2 aromatic carbocycles. The van der Waals surface area contributed by atoms with Gasteiger partial charge in [0.25, 0.3) is 17.3 Å². The van der Waals surface area contributed by atoms with Crippen LogP contribution in [0.2, 0.25) is 0 Å². The number of nitrogens with one attached hydrogen (secondary N) is 1. The van der Waals surface area contributed by atoms with Crippen LogP contribution < -0.4 is 5.32 Å². The standard InChI is InChI=1S/C18H12N4O5S/c23-17(11-7-12(21(24)25)9-13(8-11)22(26)27)20-18-19-16-14-4-2-1-3-10(14)5-6-15(16)28-18/h1-4,7-9H,5-6H2,(H,19,20,23). The van der Waals surface area contributed by atoms with Gasteiger partial charge in [-0.25, -0.2) is 4.98 Å². The number of aryl methyl sites for hydroxylation is 2. The van der Waals surface area contributed by atoms with Crippen molar-refractivity contribution in [3.8, 4) is 11.3 Å². The highest BCUT2D eigenvalue weighted by Crippen LogP contribution is 2.38. The quantitative estimate of drug-likeness (QED) is 0.525. The van der Waals surface area contributed by atoms with Crippen LogP contribution in [-0.2, 0) is 12.8 Å². The Kier molecular flexibility index (Phi) is 4.32. The number of anilines is 1. The van der Waals surface area contributed by atoms with Crippen molar-refractivity contribution in [3.63, 3.8) is 0 Å². The van der Waals surface area contributed by atoms with Gasteiger partial charge >= 0.3 is 0 Å². The van der Waals surface area contributed by atoms with Gasteiger partial charge in [-0.05, 0) is 18.4 Å². The molecule has 0 bridgehead atoms. The van der Waals surface area contributed by atoms with E-state index in [0.717, 1.165) is 47.2 Å². The highest BCUT2D eigenvalue weighted by molar-refractivity contribution is 7.16. The fourth-order valence-corrected chi connectivity index (χ4v) is 4.08. The first-order chi connectivity index (χ1) is 13.4. The molecule has 0 radical (unpaired) electrons. The molecule has 0 saturated carbocycles. The number of benzene rings is 2. The van der Waals surface area contributed by atoms with Crippen LogP contribution in [0.25, 0.3) is 11.3 Å². The molecule has 1 heterocycles. The molecule has 9 nitrogen and oxygen atoms in total. The maximum Gasteiger partial charge on any atom is 0.277 e. The first kappa shape index (κ1) is 17.7. The molecule has 0 atom stereocenters. The van der Waals surface area contributed by atoms with E-state index >= 15 is 0 Å². The number of carbonyl (C=O) groups is 1.